The zero-order chi connectivity index (χ0) is 41.1. The lowest BCUT2D eigenvalue weighted by Crippen LogP contribution is -2.54. The average molecular weight is 794 g/mol. The monoisotopic (exact) mass is 793 g/mol. The molecule has 1 aromatic carbocycles. The van der Waals surface area contributed by atoms with Crippen molar-refractivity contribution >= 4 is 63.2 Å². The molecule has 1 aromatic rings. The average Bonchev–Trinajstić information content (AvgIpc) is 3.41. The number of hydrogen-bond acceptors (Lipinski definition) is 12. The number of amides is 8. The first-order valence-corrected chi connectivity index (χ1v) is 18.6. The Morgan fingerprint density at radius 1 is 0.964 bits per heavy atom. The number of nitrogens with two attached hydrogens (primary N) is 1. The van der Waals surface area contributed by atoms with Gasteiger partial charge in [-0.2, -0.15) is 8.42 Å². The fourth-order valence-electron chi connectivity index (χ4n) is 4.69. The first-order chi connectivity index (χ1) is 25.9. The first kappa shape index (κ1) is 45.5. The highest BCUT2D eigenvalue weighted by molar-refractivity contribution is 7.85. The number of rotatable bonds is 23. The molecule has 0 saturated heterocycles. The molecule has 7 N–H and O–H groups in total. The second kappa shape index (κ2) is 22.5. The molecule has 0 fully saturated rings. The number of nitrogens with zero attached hydrogens (tertiary/aromatic N) is 2. The van der Waals surface area contributed by atoms with Crippen LogP contribution in [0.2, 0.25) is 0 Å². The number of anilines is 1. The molecule has 21 heteroatoms. The van der Waals surface area contributed by atoms with Crippen LogP contribution in [0.3, 0.4) is 0 Å². The summed E-state index contributed by atoms with van der Waals surface area (Å²) in [7, 11) is -4.30. The number of esters is 1. The Bertz CT molecular complexity index is 1710. The molecule has 55 heavy (non-hydrogen) atoms. The third-order valence-corrected chi connectivity index (χ3v) is 8.28. The Morgan fingerprint density at radius 3 is 2.20 bits per heavy atom. The number of imide groups is 1. The maximum atomic E-state index is 13.5. The Morgan fingerprint density at radius 2 is 1.62 bits per heavy atom. The fraction of sp³-hybridized carbons (Fsp3) is 0.471. The SMILES string of the molecule is CC(=O)OCc1ccc(NC(=O)C(/C=C/CCNC(N)=O)NC(=O)[C@@H](NC(=O)CCN(CCOCCS(=O)(=O)O)C(=O)CN2C(=O)C=CC2=O)C(C)C)cc1. The van der Waals surface area contributed by atoms with Crippen LogP contribution in [0.4, 0.5) is 10.5 Å². The number of ether oxygens (including phenoxy) is 2. The molecule has 1 aliphatic rings. The van der Waals surface area contributed by atoms with Gasteiger partial charge in [0, 0.05) is 50.8 Å². The third kappa shape index (κ3) is 17.8. The number of hydrogen-bond donors (Lipinski definition) is 6. The van der Waals surface area contributed by atoms with Crippen LogP contribution in [-0.4, -0.2) is 127 Å². The van der Waals surface area contributed by atoms with E-state index in [4.69, 9.17) is 19.8 Å². The van der Waals surface area contributed by atoms with Crippen LogP contribution in [-0.2, 0) is 59.8 Å². The molecule has 302 valence electrons. The molecular formula is C34H47N7O13S. The minimum absolute atomic E-state index is 0.0351. The van der Waals surface area contributed by atoms with E-state index in [1.807, 2.05) is 0 Å². The number of nitrogens with one attached hydrogen (secondary N) is 4. The highest BCUT2D eigenvalue weighted by atomic mass is 32.2. The molecular weight excluding hydrogens is 746 g/mol. The van der Waals surface area contributed by atoms with Gasteiger partial charge in [0.1, 0.15) is 25.2 Å². The minimum atomic E-state index is -4.30. The van der Waals surface area contributed by atoms with Crippen molar-refractivity contribution in [1.29, 1.82) is 0 Å². The van der Waals surface area contributed by atoms with Crippen LogP contribution in [0.5, 0.6) is 0 Å². The van der Waals surface area contributed by atoms with Gasteiger partial charge in [-0.3, -0.25) is 43.0 Å². The van der Waals surface area contributed by atoms with E-state index in [-0.39, 0.29) is 52.3 Å². The summed E-state index contributed by atoms with van der Waals surface area (Å²) in [6.45, 7) is 3.10. The highest BCUT2D eigenvalue weighted by Gasteiger charge is 2.30. The second-order valence-corrected chi connectivity index (χ2v) is 13.9. The first-order valence-electron chi connectivity index (χ1n) is 17.0. The molecule has 0 saturated carbocycles. The number of benzene rings is 1. The minimum Gasteiger partial charge on any atom is -0.461 e. The zero-order valence-corrected chi connectivity index (χ0v) is 31.5. The normalized spacial score (nSPS) is 13.7. The van der Waals surface area contributed by atoms with Crippen LogP contribution in [0.25, 0.3) is 0 Å². The smallest absolute Gasteiger partial charge is 0.312 e. The van der Waals surface area contributed by atoms with E-state index >= 15 is 0 Å². The van der Waals surface area contributed by atoms with Crippen molar-refractivity contribution in [2.45, 2.75) is 52.3 Å². The molecule has 8 amide bonds. The van der Waals surface area contributed by atoms with Gasteiger partial charge < -0.3 is 41.4 Å². The van der Waals surface area contributed by atoms with Gasteiger partial charge in [0.15, 0.2) is 0 Å². The van der Waals surface area contributed by atoms with Crippen molar-refractivity contribution in [3.63, 3.8) is 0 Å². The largest absolute Gasteiger partial charge is 0.461 e. The molecule has 1 heterocycles. The summed E-state index contributed by atoms with van der Waals surface area (Å²) in [5, 5.41) is 10.3. The van der Waals surface area contributed by atoms with Crippen LogP contribution >= 0.6 is 0 Å². The van der Waals surface area contributed by atoms with Gasteiger partial charge in [-0.25, -0.2) is 4.79 Å². The van der Waals surface area contributed by atoms with Crippen molar-refractivity contribution in [2.24, 2.45) is 11.7 Å². The summed E-state index contributed by atoms with van der Waals surface area (Å²) in [6.07, 6.45) is 4.86. The number of urea groups is 1. The predicted molar refractivity (Wildman–Crippen MR) is 195 cm³/mol. The van der Waals surface area contributed by atoms with E-state index in [9.17, 15) is 46.8 Å². The standard InChI is InChI=1S/C34H47N7O13S/c1-22(2)31(39-27(43)13-15-40(16-17-53-18-19-55(50,51)52)30(46)20-41-28(44)11-12-29(41)45)33(48)38-26(6-4-5-14-36-34(35)49)32(47)37-25-9-7-24(8-10-25)21-54-23(3)42/h4,6-12,22,26,31H,5,13-21H2,1-3H3,(H,37,47)(H,38,48)(H,39,43)(H3,35,36,49)(H,50,51,52)/b6-4+/t26?,31-/m0/s1. The van der Waals surface area contributed by atoms with Gasteiger partial charge in [-0.15, -0.1) is 0 Å². The Kier molecular flexibility index (Phi) is 18.6. The van der Waals surface area contributed by atoms with Crippen LogP contribution in [0.1, 0.15) is 39.2 Å². The van der Waals surface area contributed by atoms with E-state index in [1.165, 1.54) is 13.0 Å². The highest BCUT2D eigenvalue weighted by Crippen LogP contribution is 2.12. The van der Waals surface area contributed by atoms with Gasteiger partial charge in [0.25, 0.3) is 27.8 Å². The molecule has 1 unspecified atom stereocenters. The predicted octanol–water partition coefficient (Wildman–Crippen LogP) is -1.02. The van der Waals surface area contributed by atoms with Gasteiger partial charge in [0.2, 0.25) is 17.7 Å². The quantitative estimate of drug-likeness (QED) is 0.0255. The number of carbonyl (C=O) groups is 8. The molecule has 0 aliphatic carbocycles. The summed E-state index contributed by atoms with van der Waals surface area (Å²) >= 11 is 0. The second-order valence-electron chi connectivity index (χ2n) is 12.4. The van der Waals surface area contributed by atoms with Crippen molar-refractivity contribution in [3.05, 3.63) is 54.1 Å². The van der Waals surface area contributed by atoms with Crippen molar-refractivity contribution in [2.75, 3.05) is 50.5 Å². The van der Waals surface area contributed by atoms with Crippen LogP contribution in [0, 0.1) is 5.92 Å². The zero-order valence-electron chi connectivity index (χ0n) is 30.6. The summed E-state index contributed by atoms with van der Waals surface area (Å²) in [5.74, 6) is -5.81. The summed E-state index contributed by atoms with van der Waals surface area (Å²) in [5.41, 5.74) is 6.12. The summed E-state index contributed by atoms with van der Waals surface area (Å²) in [6, 6.07) is 3.27. The van der Waals surface area contributed by atoms with Crippen LogP contribution < -0.4 is 27.0 Å². The maximum absolute atomic E-state index is 13.5. The molecule has 0 bridgehead atoms. The fourth-order valence-corrected chi connectivity index (χ4v) is 5.01. The van der Waals surface area contributed by atoms with Gasteiger partial charge >= 0.3 is 12.0 Å². The third-order valence-electron chi connectivity index (χ3n) is 7.59. The molecule has 0 aromatic heterocycles. The lowest BCUT2D eigenvalue weighted by molar-refractivity contribution is -0.145. The van der Waals surface area contributed by atoms with Gasteiger partial charge in [-0.1, -0.05) is 38.1 Å². The molecule has 0 spiro atoms. The Labute approximate surface area is 317 Å². The summed E-state index contributed by atoms with van der Waals surface area (Å²) in [4.78, 5) is 101. The van der Waals surface area contributed by atoms with E-state index in [0.717, 1.165) is 17.1 Å². The lowest BCUT2D eigenvalue weighted by atomic mass is 10.0. The van der Waals surface area contributed by atoms with E-state index in [2.05, 4.69) is 21.3 Å². The summed E-state index contributed by atoms with van der Waals surface area (Å²) < 4.78 is 41.0. The molecule has 0 radical (unpaired) electrons. The molecule has 1 aliphatic heterocycles. The van der Waals surface area contributed by atoms with Gasteiger partial charge in [-0.05, 0) is 30.0 Å². The van der Waals surface area contributed by atoms with Crippen molar-refractivity contribution in [3.8, 4) is 0 Å². The number of carbonyl (C=O) groups excluding carboxylic acids is 8. The van der Waals surface area contributed by atoms with Crippen molar-refractivity contribution in [1.82, 2.24) is 25.8 Å². The van der Waals surface area contributed by atoms with E-state index in [1.54, 1.807) is 44.2 Å². The molecule has 2 atom stereocenters. The van der Waals surface area contributed by atoms with E-state index in [0.29, 0.717) is 16.2 Å². The topological polar surface area (TPSA) is 290 Å². The Balaban J connectivity index is 2.13. The van der Waals surface area contributed by atoms with Gasteiger partial charge in [0.05, 0.1) is 19.0 Å². The molecule has 2 rings (SSSR count). The van der Waals surface area contributed by atoms with E-state index < -0.39 is 87.9 Å². The van der Waals surface area contributed by atoms with Crippen molar-refractivity contribution < 1.29 is 60.8 Å². The Hall–Kier alpha value is -5.67. The van der Waals surface area contributed by atoms with Crippen LogP contribution in [0.15, 0.2) is 48.6 Å². The maximum Gasteiger partial charge on any atom is 0.312 e. The lowest BCUT2D eigenvalue weighted by Gasteiger charge is -2.26. The molecule has 20 nitrogen and oxygen atoms in total. The number of primary amides is 1.